The summed E-state index contributed by atoms with van der Waals surface area (Å²) >= 11 is 0. The van der Waals surface area contributed by atoms with E-state index in [0.29, 0.717) is 39.2 Å². The number of rotatable bonds is 5. The van der Waals surface area contributed by atoms with Crippen molar-refractivity contribution in [2.24, 2.45) is 5.73 Å². The summed E-state index contributed by atoms with van der Waals surface area (Å²) in [5.41, 5.74) is 6.71. The van der Waals surface area contributed by atoms with Gasteiger partial charge in [0, 0.05) is 39.4 Å². The number of hydrogen-bond acceptors (Lipinski definition) is 5. The Morgan fingerprint density at radius 2 is 1.88 bits per heavy atom. The normalized spacial score (nSPS) is 22.6. The van der Waals surface area contributed by atoms with Crippen LogP contribution in [0.5, 0.6) is 0 Å². The van der Waals surface area contributed by atoms with Crippen molar-refractivity contribution in [3.63, 3.8) is 0 Å². The summed E-state index contributed by atoms with van der Waals surface area (Å²) in [7, 11) is 0. The zero-order chi connectivity index (χ0) is 16.8. The molecule has 2 aliphatic rings. The first-order chi connectivity index (χ1) is 11.7. The molecule has 2 heterocycles. The fraction of sp³-hybridized carbons (Fsp3) is 0.611. The van der Waals surface area contributed by atoms with Crippen LogP contribution in [0.15, 0.2) is 30.3 Å². The van der Waals surface area contributed by atoms with E-state index in [4.69, 9.17) is 15.2 Å². The third-order valence-corrected chi connectivity index (χ3v) is 4.80. The van der Waals surface area contributed by atoms with Crippen molar-refractivity contribution in [2.75, 3.05) is 39.5 Å². The van der Waals surface area contributed by atoms with Crippen LogP contribution in [0.25, 0.3) is 0 Å². The molecule has 0 aliphatic carbocycles. The summed E-state index contributed by atoms with van der Waals surface area (Å²) in [5.74, 6) is -0.0883. The molecule has 2 fully saturated rings. The number of hydrogen-bond donors (Lipinski definition) is 2. The molecule has 26 heavy (non-hydrogen) atoms. The molecule has 1 amide bonds. The number of benzene rings is 1. The summed E-state index contributed by atoms with van der Waals surface area (Å²) < 4.78 is 11.1. The average molecular weight is 406 g/mol. The minimum absolute atomic E-state index is 0. The number of nitrogens with zero attached hydrogens (tertiary/aromatic N) is 1. The Hall–Kier alpha value is -0.890. The Kier molecular flexibility index (Phi) is 9.85. The Labute approximate surface area is 167 Å². The van der Waals surface area contributed by atoms with Gasteiger partial charge in [-0.3, -0.25) is 9.69 Å². The monoisotopic (exact) mass is 405 g/mol. The van der Waals surface area contributed by atoms with E-state index in [-0.39, 0.29) is 36.8 Å². The van der Waals surface area contributed by atoms with Gasteiger partial charge in [0.1, 0.15) is 0 Å². The fourth-order valence-electron chi connectivity index (χ4n) is 3.23. The third-order valence-electron chi connectivity index (χ3n) is 4.80. The number of amides is 1. The molecule has 6 nitrogen and oxygen atoms in total. The first kappa shape index (κ1) is 23.1. The molecule has 2 saturated heterocycles. The Morgan fingerprint density at radius 1 is 1.19 bits per heavy atom. The molecule has 148 valence electrons. The molecule has 0 spiro atoms. The van der Waals surface area contributed by atoms with Gasteiger partial charge in [0.2, 0.25) is 5.91 Å². The molecule has 1 atom stereocenters. The highest BCUT2D eigenvalue weighted by Gasteiger charge is 2.36. The average Bonchev–Trinajstić information content (AvgIpc) is 2.61. The first-order valence-electron chi connectivity index (χ1n) is 8.68. The van der Waals surface area contributed by atoms with Gasteiger partial charge in [-0.2, -0.15) is 0 Å². The summed E-state index contributed by atoms with van der Waals surface area (Å²) in [6.07, 6.45) is 1.16. The van der Waals surface area contributed by atoms with E-state index in [1.54, 1.807) is 0 Å². The van der Waals surface area contributed by atoms with Crippen LogP contribution in [0.1, 0.15) is 18.4 Å². The molecule has 1 unspecified atom stereocenters. The number of nitrogens with two attached hydrogens (primary N) is 1. The smallest absolute Gasteiger partial charge is 0.240 e. The van der Waals surface area contributed by atoms with Crippen molar-refractivity contribution in [1.82, 2.24) is 10.2 Å². The zero-order valence-corrected chi connectivity index (χ0v) is 16.5. The van der Waals surface area contributed by atoms with Crippen molar-refractivity contribution < 1.29 is 14.3 Å². The summed E-state index contributed by atoms with van der Waals surface area (Å²) in [5, 5.41) is 2.98. The summed E-state index contributed by atoms with van der Waals surface area (Å²) in [4.78, 5) is 14.7. The van der Waals surface area contributed by atoms with Gasteiger partial charge >= 0.3 is 0 Å². The lowest BCUT2D eigenvalue weighted by atomic mass is 9.90. The molecule has 8 heteroatoms. The Morgan fingerprint density at radius 3 is 2.58 bits per heavy atom. The Bertz CT molecular complexity index is 542. The van der Waals surface area contributed by atoms with E-state index in [9.17, 15) is 4.79 Å². The topological polar surface area (TPSA) is 76.8 Å². The zero-order valence-electron chi connectivity index (χ0n) is 14.9. The second-order valence-corrected chi connectivity index (χ2v) is 6.69. The largest absolute Gasteiger partial charge is 0.381 e. The maximum absolute atomic E-state index is 12.4. The van der Waals surface area contributed by atoms with Gasteiger partial charge in [-0.05, 0) is 18.4 Å². The van der Waals surface area contributed by atoms with Gasteiger partial charge in [0.05, 0.1) is 18.2 Å². The number of halogens is 2. The van der Waals surface area contributed by atoms with E-state index in [0.717, 1.165) is 19.6 Å². The van der Waals surface area contributed by atoms with E-state index in [1.165, 1.54) is 5.56 Å². The SMILES string of the molecule is Cl.Cl.NC1(C(=O)NCC2CN(Cc3ccccc3)CCO2)CCOCC1. The van der Waals surface area contributed by atoms with Gasteiger partial charge in [-0.1, -0.05) is 30.3 Å². The van der Waals surface area contributed by atoms with E-state index < -0.39 is 5.54 Å². The van der Waals surface area contributed by atoms with Crippen molar-refractivity contribution >= 4 is 30.7 Å². The predicted octanol–water partition coefficient (Wildman–Crippen LogP) is 1.36. The van der Waals surface area contributed by atoms with E-state index in [2.05, 4.69) is 34.5 Å². The van der Waals surface area contributed by atoms with Gasteiger partial charge < -0.3 is 20.5 Å². The maximum atomic E-state index is 12.4. The summed E-state index contributed by atoms with van der Waals surface area (Å²) in [6.45, 7) is 4.93. The maximum Gasteiger partial charge on any atom is 0.240 e. The summed E-state index contributed by atoms with van der Waals surface area (Å²) in [6, 6.07) is 10.4. The van der Waals surface area contributed by atoms with E-state index >= 15 is 0 Å². The van der Waals surface area contributed by atoms with Gasteiger partial charge in [-0.15, -0.1) is 24.8 Å². The predicted molar refractivity (Wildman–Crippen MR) is 106 cm³/mol. The molecule has 3 N–H and O–H groups in total. The molecule has 0 bridgehead atoms. The molecular weight excluding hydrogens is 377 g/mol. The molecule has 1 aromatic carbocycles. The number of carbonyl (C=O) groups is 1. The van der Waals surface area contributed by atoms with Crippen molar-refractivity contribution in [3.8, 4) is 0 Å². The lowest BCUT2D eigenvalue weighted by molar-refractivity contribution is -0.131. The highest BCUT2D eigenvalue weighted by atomic mass is 35.5. The minimum Gasteiger partial charge on any atom is -0.381 e. The Balaban J connectivity index is 0.00000169. The van der Waals surface area contributed by atoms with Crippen molar-refractivity contribution in [3.05, 3.63) is 35.9 Å². The van der Waals surface area contributed by atoms with E-state index in [1.807, 2.05) is 6.07 Å². The second-order valence-electron chi connectivity index (χ2n) is 6.69. The van der Waals surface area contributed by atoms with Crippen LogP contribution in [-0.2, 0) is 20.8 Å². The molecule has 3 rings (SSSR count). The molecular formula is C18H29Cl2N3O3. The number of ether oxygens (including phenoxy) is 2. The van der Waals surface area contributed by atoms with Crippen LogP contribution in [0.2, 0.25) is 0 Å². The molecule has 0 aromatic heterocycles. The van der Waals surface area contributed by atoms with Gasteiger partial charge in [0.25, 0.3) is 0 Å². The minimum atomic E-state index is -0.795. The molecule has 0 radical (unpaired) electrons. The van der Waals surface area contributed by atoms with Crippen LogP contribution in [0.3, 0.4) is 0 Å². The van der Waals surface area contributed by atoms with Gasteiger partial charge in [-0.25, -0.2) is 0 Å². The molecule has 0 saturated carbocycles. The number of nitrogens with one attached hydrogen (secondary N) is 1. The highest BCUT2D eigenvalue weighted by Crippen LogP contribution is 2.18. The van der Waals surface area contributed by atoms with Crippen LogP contribution in [0.4, 0.5) is 0 Å². The highest BCUT2D eigenvalue weighted by molar-refractivity contribution is 5.86. The standard InChI is InChI=1S/C18H27N3O3.2ClH/c19-18(6-9-23-10-7-18)17(22)20-12-16-14-21(8-11-24-16)13-15-4-2-1-3-5-15;;/h1-5,16H,6-14,19H2,(H,20,22);2*1H. The number of morpholine rings is 1. The second kappa shape index (κ2) is 11.1. The van der Waals surface area contributed by atoms with Crippen LogP contribution in [-0.4, -0.2) is 61.9 Å². The number of carbonyl (C=O) groups excluding carboxylic acids is 1. The van der Waals surface area contributed by atoms with Crippen LogP contribution in [0, 0.1) is 0 Å². The molecule has 1 aromatic rings. The van der Waals surface area contributed by atoms with Crippen LogP contribution < -0.4 is 11.1 Å². The fourth-order valence-corrected chi connectivity index (χ4v) is 3.23. The first-order valence-corrected chi connectivity index (χ1v) is 8.68. The quantitative estimate of drug-likeness (QED) is 0.772. The third kappa shape index (κ3) is 6.37. The van der Waals surface area contributed by atoms with Crippen molar-refractivity contribution in [1.29, 1.82) is 0 Å². The lowest BCUT2D eigenvalue weighted by Gasteiger charge is -2.35. The van der Waals surface area contributed by atoms with Gasteiger partial charge in [0.15, 0.2) is 0 Å². The molecule has 2 aliphatic heterocycles. The lowest BCUT2D eigenvalue weighted by Crippen LogP contribution is -2.58. The van der Waals surface area contributed by atoms with Crippen molar-refractivity contribution in [2.45, 2.75) is 31.0 Å². The van der Waals surface area contributed by atoms with Crippen LogP contribution >= 0.6 is 24.8 Å².